The highest BCUT2D eigenvalue weighted by Crippen LogP contribution is 2.47. The summed E-state index contributed by atoms with van der Waals surface area (Å²) in [6.07, 6.45) is 4.73. The van der Waals surface area contributed by atoms with Crippen molar-refractivity contribution in [1.29, 1.82) is 0 Å². The number of halogens is 1. The largest absolute Gasteiger partial charge is 0.396 e. The van der Waals surface area contributed by atoms with Gasteiger partial charge in [-0.2, -0.15) is 0 Å². The molecule has 1 unspecified atom stereocenters. The van der Waals surface area contributed by atoms with Gasteiger partial charge in [-0.15, -0.1) is 11.8 Å². The van der Waals surface area contributed by atoms with Gasteiger partial charge in [0, 0.05) is 47.3 Å². The van der Waals surface area contributed by atoms with Gasteiger partial charge in [0.05, 0.1) is 5.60 Å². The Morgan fingerprint density at radius 1 is 1.02 bits per heavy atom. The number of aliphatic hydroxyl groups is 2. The van der Waals surface area contributed by atoms with Crippen molar-refractivity contribution in [3.8, 4) is 0 Å². The molecule has 2 heterocycles. The predicted octanol–water partition coefficient (Wildman–Crippen LogP) is 5.59. The molecule has 3 aromatic carbocycles. The molecule has 8 heteroatoms. The number of fused-ring (bicyclic) bond motifs is 2. The number of nitrogens with zero attached hydrogens (tertiary/aromatic N) is 1. The Labute approximate surface area is 252 Å². The molecule has 5 N–H and O–H groups in total. The molecule has 2 aliphatic heterocycles. The number of likely N-dealkylation sites (tertiary alicyclic amines) is 1. The molecule has 0 aliphatic carbocycles. The number of carbonyl (C=O) groups excluding carboxylic acids is 1. The van der Waals surface area contributed by atoms with Crippen molar-refractivity contribution in [2.75, 3.05) is 32.8 Å². The SMILES string of the molecule is NC(=O)NCC1(CCCN2CCC(O)(c3ccc(Cl)cc3)CC2)c2ccc(CCCO)cc2CSc2ccccc21. The summed E-state index contributed by atoms with van der Waals surface area (Å²) >= 11 is 7.90. The number of aliphatic hydroxyl groups excluding tert-OH is 1. The van der Waals surface area contributed by atoms with Crippen molar-refractivity contribution in [3.05, 3.63) is 99.6 Å². The molecule has 218 valence electrons. The first-order valence-electron chi connectivity index (χ1n) is 14.5. The maximum atomic E-state index is 12.0. The first-order valence-corrected chi connectivity index (χ1v) is 15.9. The number of nitrogens with two attached hydrogens (primary N) is 1. The van der Waals surface area contributed by atoms with E-state index in [1.165, 1.54) is 27.1 Å². The maximum Gasteiger partial charge on any atom is 0.312 e. The zero-order valence-corrected chi connectivity index (χ0v) is 25.0. The van der Waals surface area contributed by atoms with Crippen LogP contribution in [-0.4, -0.2) is 53.9 Å². The molecule has 6 nitrogen and oxygen atoms in total. The van der Waals surface area contributed by atoms with E-state index in [-0.39, 0.29) is 6.61 Å². The highest BCUT2D eigenvalue weighted by atomic mass is 35.5. The number of hydrogen-bond donors (Lipinski definition) is 4. The van der Waals surface area contributed by atoms with E-state index in [2.05, 4.69) is 52.7 Å². The highest BCUT2D eigenvalue weighted by molar-refractivity contribution is 7.98. The van der Waals surface area contributed by atoms with Crippen LogP contribution < -0.4 is 11.1 Å². The quantitative estimate of drug-likeness (QED) is 0.246. The smallest absolute Gasteiger partial charge is 0.312 e. The van der Waals surface area contributed by atoms with Gasteiger partial charge in [-0.1, -0.05) is 60.1 Å². The van der Waals surface area contributed by atoms with Crippen molar-refractivity contribution in [2.24, 2.45) is 5.73 Å². The molecule has 2 amide bonds. The van der Waals surface area contributed by atoms with E-state index in [0.717, 1.165) is 56.6 Å². The Morgan fingerprint density at radius 2 is 1.78 bits per heavy atom. The summed E-state index contributed by atoms with van der Waals surface area (Å²) < 4.78 is 0. The Kier molecular flexibility index (Phi) is 9.62. The zero-order chi connectivity index (χ0) is 28.9. The fraction of sp³-hybridized carbons (Fsp3) is 0.424. The number of amides is 2. The molecule has 0 spiro atoms. The summed E-state index contributed by atoms with van der Waals surface area (Å²) in [5.74, 6) is 0.854. The van der Waals surface area contributed by atoms with Crippen LogP contribution in [0.25, 0.3) is 0 Å². The van der Waals surface area contributed by atoms with Gasteiger partial charge in [-0.05, 0) is 91.1 Å². The first kappa shape index (κ1) is 29.9. The van der Waals surface area contributed by atoms with E-state index >= 15 is 0 Å². The van der Waals surface area contributed by atoms with Crippen LogP contribution in [0, 0.1) is 0 Å². The number of piperidine rings is 1. The zero-order valence-electron chi connectivity index (χ0n) is 23.4. The summed E-state index contributed by atoms with van der Waals surface area (Å²) in [5, 5.41) is 24.3. The molecule has 1 atom stereocenters. The van der Waals surface area contributed by atoms with Gasteiger partial charge in [0.25, 0.3) is 0 Å². The minimum Gasteiger partial charge on any atom is -0.396 e. The number of carbonyl (C=O) groups is 1. The van der Waals surface area contributed by atoms with E-state index in [4.69, 9.17) is 17.3 Å². The number of benzene rings is 3. The molecule has 2 aliphatic rings. The second kappa shape index (κ2) is 13.2. The third kappa shape index (κ3) is 6.76. The summed E-state index contributed by atoms with van der Waals surface area (Å²) in [5.41, 5.74) is 10.3. The lowest BCUT2D eigenvalue weighted by molar-refractivity contribution is -0.0262. The Morgan fingerprint density at radius 3 is 2.51 bits per heavy atom. The lowest BCUT2D eigenvalue weighted by Gasteiger charge is -2.40. The Bertz CT molecular complexity index is 1340. The lowest BCUT2D eigenvalue weighted by atomic mass is 9.69. The van der Waals surface area contributed by atoms with E-state index in [1.807, 2.05) is 36.0 Å². The molecule has 1 fully saturated rings. The van der Waals surface area contributed by atoms with Gasteiger partial charge in [0.2, 0.25) is 0 Å². The van der Waals surface area contributed by atoms with Gasteiger partial charge in [-0.25, -0.2) is 4.79 Å². The number of primary amides is 1. The van der Waals surface area contributed by atoms with Crippen molar-refractivity contribution < 1.29 is 15.0 Å². The van der Waals surface area contributed by atoms with Crippen molar-refractivity contribution in [3.63, 3.8) is 0 Å². The first-order chi connectivity index (χ1) is 19.8. The molecule has 3 aromatic rings. The van der Waals surface area contributed by atoms with Crippen LogP contribution in [0.4, 0.5) is 4.79 Å². The van der Waals surface area contributed by atoms with Crippen LogP contribution in [0.15, 0.2) is 71.6 Å². The van der Waals surface area contributed by atoms with Crippen LogP contribution >= 0.6 is 23.4 Å². The average molecular weight is 594 g/mol. The van der Waals surface area contributed by atoms with E-state index in [0.29, 0.717) is 24.4 Å². The van der Waals surface area contributed by atoms with E-state index in [9.17, 15) is 15.0 Å². The summed E-state index contributed by atoms with van der Waals surface area (Å²) in [6, 6.07) is 22.3. The molecular formula is C33H40ClN3O3S. The number of rotatable bonds is 10. The summed E-state index contributed by atoms with van der Waals surface area (Å²) in [4.78, 5) is 15.7. The van der Waals surface area contributed by atoms with Crippen LogP contribution in [0.5, 0.6) is 0 Å². The van der Waals surface area contributed by atoms with Crippen LogP contribution in [0.2, 0.25) is 5.02 Å². The van der Waals surface area contributed by atoms with Crippen LogP contribution in [-0.2, 0) is 23.2 Å². The van der Waals surface area contributed by atoms with Crippen molar-refractivity contribution in [2.45, 2.75) is 60.2 Å². The van der Waals surface area contributed by atoms with Gasteiger partial charge in [-0.3, -0.25) is 0 Å². The summed E-state index contributed by atoms with van der Waals surface area (Å²) in [6.45, 7) is 3.16. The fourth-order valence-corrected chi connectivity index (χ4v) is 7.82. The topological polar surface area (TPSA) is 98.8 Å². The third-order valence-electron chi connectivity index (χ3n) is 8.80. The van der Waals surface area contributed by atoms with Crippen molar-refractivity contribution >= 4 is 29.4 Å². The average Bonchev–Trinajstić information content (AvgIpc) is 3.11. The molecule has 0 radical (unpaired) electrons. The Hall–Kier alpha value is -2.55. The minimum absolute atomic E-state index is 0.178. The number of thioether (sulfide) groups is 1. The van der Waals surface area contributed by atoms with E-state index < -0.39 is 17.0 Å². The minimum atomic E-state index is -0.822. The summed E-state index contributed by atoms with van der Waals surface area (Å²) in [7, 11) is 0. The number of urea groups is 1. The Balaban J connectivity index is 1.37. The van der Waals surface area contributed by atoms with Gasteiger partial charge >= 0.3 is 6.03 Å². The van der Waals surface area contributed by atoms with Crippen molar-refractivity contribution in [1.82, 2.24) is 10.2 Å². The maximum absolute atomic E-state index is 12.0. The van der Waals surface area contributed by atoms with E-state index in [1.54, 1.807) is 0 Å². The molecule has 5 rings (SSSR count). The second-order valence-electron chi connectivity index (χ2n) is 11.4. The molecule has 0 saturated carbocycles. The lowest BCUT2D eigenvalue weighted by Crippen LogP contribution is -2.45. The monoisotopic (exact) mass is 593 g/mol. The standard InChI is InChI=1S/C33H40ClN3O3S/c34-27-11-9-26(10-12-27)33(40)15-18-37(19-16-33)17-4-14-32(23-36-31(35)39)28-13-8-24(5-3-20-38)21-25(28)22-41-30-7-2-1-6-29(30)32/h1-2,6-13,21,38,40H,3-5,14-20,22-23H2,(H3,35,36,39). The number of aryl methyl sites for hydroxylation is 1. The molecule has 41 heavy (non-hydrogen) atoms. The predicted molar refractivity (Wildman–Crippen MR) is 166 cm³/mol. The number of nitrogens with one attached hydrogen (secondary N) is 1. The number of hydrogen-bond acceptors (Lipinski definition) is 5. The molecule has 0 bridgehead atoms. The van der Waals surface area contributed by atoms with Gasteiger partial charge in [0.1, 0.15) is 0 Å². The van der Waals surface area contributed by atoms with Gasteiger partial charge in [0.15, 0.2) is 0 Å². The van der Waals surface area contributed by atoms with Crippen LogP contribution in [0.3, 0.4) is 0 Å². The van der Waals surface area contributed by atoms with Gasteiger partial charge < -0.3 is 26.2 Å². The highest BCUT2D eigenvalue weighted by Gasteiger charge is 2.40. The normalized spacial score (nSPS) is 20.1. The third-order valence-corrected chi connectivity index (χ3v) is 10.2. The molecular weight excluding hydrogens is 554 g/mol. The second-order valence-corrected chi connectivity index (χ2v) is 12.8. The molecule has 1 saturated heterocycles. The fourth-order valence-electron chi connectivity index (χ4n) is 6.55. The molecule has 0 aromatic heterocycles. The van der Waals surface area contributed by atoms with Crippen LogP contribution in [0.1, 0.15) is 59.9 Å².